The largest absolute Gasteiger partial charge is 0.368 e. The molecule has 2 aromatic carbocycles. The van der Waals surface area contributed by atoms with Gasteiger partial charge in [-0.15, -0.1) is 0 Å². The molecule has 0 aromatic heterocycles. The Morgan fingerprint density at radius 1 is 1.22 bits per heavy atom. The lowest BCUT2D eigenvalue weighted by atomic mass is 9.90. The van der Waals surface area contributed by atoms with Crippen LogP contribution in [0.3, 0.4) is 0 Å². The number of hydrogen-bond donors (Lipinski definition) is 1. The van der Waals surface area contributed by atoms with Crippen LogP contribution in [0.2, 0.25) is 5.02 Å². The van der Waals surface area contributed by atoms with E-state index in [4.69, 9.17) is 22.6 Å². The molecular formula is C18H16ClN3O. The Labute approximate surface area is 140 Å². The van der Waals surface area contributed by atoms with Gasteiger partial charge >= 0.3 is 0 Å². The summed E-state index contributed by atoms with van der Waals surface area (Å²) in [4.78, 5) is 14.1. The Morgan fingerprint density at radius 2 is 1.87 bits per heavy atom. The van der Waals surface area contributed by atoms with Gasteiger partial charge in [-0.2, -0.15) is 5.26 Å². The number of primary amides is 1. The molecule has 0 aliphatic carbocycles. The van der Waals surface area contributed by atoms with E-state index in [-0.39, 0.29) is 11.9 Å². The third-order valence-electron chi connectivity index (χ3n) is 4.27. The molecule has 2 N–H and O–H groups in total. The van der Waals surface area contributed by atoms with Crippen LogP contribution >= 0.6 is 11.6 Å². The van der Waals surface area contributed by atoms with E-state index in [0.29, 0.717) is 10.6 Å². The number of nitrogens with two attached hydrogens (primary N) is 1. The van der Waals surface area contributed by atoms with Gasteiger partial charge in [0, 0.05) is 17.6 Å². The number of benzene rings is 2. The lowest BCUT2D eigenvalue weighted by Gasteiger charge is -2.45. The van der Waals surface area contributed by atoms with Gasteiger partial charge in [-0.05, 0) is 41.8 Å². The van der Waals surface area contributed by atoms with E-state index in [0.717, 1.165) is 24.1 Å². The summed E-state index contributed by atoms with van der Waals surface area (Å²) in [7, 11) is 0. The minimum absolute atomic E-state index is 0.153. The molecule has 2 unspecified atom stereocenters. The van der Waals surface area contributed by atoms with Crippen molar-refractivity contribution < 1.29 is 4.79 Å². The molecule has 2 aromatic rings. The van der Waals surface area contributed by atoms with E-state index < -0.39 is 6.04 Å². The van der Waals surface area contributed by atoms with E-state index in [9.17, 15) is 4.79 Å². The number of amides is 1. The monoisotopic (exact) mass is 325 g/mol. The molecule has 1 amide bonds. The number of likely N-dealkylation sites (tertiary alicyclic amines) is 1. The Kier molecular flexibility index (Phi) is 4.33. The zero-order valence-electron chi connectivity index (χ0n) is 12.4. The fourth-order valence-corrected chi connectivity index (χ4v) is 3.14. The summed E-state index contributed by atoms with van der Waals surface area (Å²) in [5.74, 6) is -0.381. The molecule has 5 heteroatoms. The van der Waals surface area contributed by atoms with E-state index in [2.05, 4.69) is 11.0 Å². The molecular weight excluding hydrogens is 310 g/mol. The second-order valence-electron chi connectivity index (χ2n) is 5.63. The number of carbonyl (C=O) groups is 1. The Bertz CT molecular complexity index is 749. The molecule has 3 rings (SSSR count). The first-order valence-corrected chi connectivity index (χ1v) is 7.78. The van der Waals surface area contributed by atoms with Crippen molar-refractivity contribution >= 4 is 17.5 Å². The van der Waals surface area contributed by atoms with Gasteiger partial charge in [-0.3, -0.25) is 9.69 Å². The van der Waals surface area contributed by atoms with Gasteiger partial charge in [0.15, 0.2) is 0 Å². The Balaban J connectivity index is 1.87. The second-order valence-corrected chi connectivity index (χ2v) is 6.07. The first kappa shape index (κ1) is 15.5. The summed E-state index contributed by atoms with van der Waals surface area (Å²) in [6, 6.07) is 16.4. The quantitative estimate of drug-likeness (QED) is 0.938. The molecule has 1 aliphatic heterocycles. The maximum Gasteiger partial charge on any atom is 0.239 e. The summed E-state index contributed by atoms with van der Waals surface area (Å²) in [5.41, 5.74) is 8.15. The number of halogens is 1. The van der Waals surface area contributed by atoms with Crippen LogP contribution in [0.15, 0.2) is 48.5 Å². The highest BCUT2D eigenvalue weighted by Crippen LogP contribution is 2.40. The number of hydrogen-bond acceptors (Lipinski definition) is 3. The number of nitrogens with zero attached hydrogens (tertiary/aromatic N) is 2. The first-order chi connectivity index (χ1) is 11.1. The average molecular weight is 326 g/mol. The summed E-state index contributed by atoms with van der Waals surface area (Å²) in [6.07, 6.45) is 0.974. The summed E-state index contributed by atoms with van der Waals surface area (Å²) < 4.78 is 0. The smallest absolute Gasteiger partial charge is 0.239 e. The molecule has 1 aliphatic rings. The van der Waals surface area contributed by atoms with Gasteiger partial charge in [0.25, 0.3) is 0 Å². The molecule has 1 fully saturated rings. The summed E-state index contributed by atoms with van der Waals surface area (Å²) in [5, 5.41) is 9.59. The number of nitriles is 1. The SMILES string of the molecule is N#Cc1ccc(C(C(N)=O)N2CCC2c2ccc(Cl)cc2)cc1. The average Bonchev–Trinajstić information content (AvgIpc) is 2.53. The fraction of sp³-hybridized carbons (Fsp3) is 0.222. The molecule has 1 saturated heterocycles. The van der Waals surface area contributed by atoms with Crippen LogP contribution < -0.4 is 5.73 Å². The highest BCUT2D eigenvalue weighted by Gasteiger charge is 2.38. The predicted molar refractivity (Wildman–Crippen MR) is 88.6 cm³/mol. The molecule has 0 spiro atoms. The zero-order valence-corrected chi connectivity index (χ0v) is 13.2. The normalized spacial score (nSPS) is 18.7. The molecule has 0 bridgehead atoms. The van der Waals surface area contributed by atoms with Crippen molar-refractivity contribution in [3.8, 4) is 6.07 Å². The van der Waals surface area contributed by atoms with Gasteiger partial charge in [-0.1, -0.05) is 35.9 Å². The van der Waals surface area contributed by atoms with Gasteiger partial charge in [0.2, 0.25) is 5.91 Å². The van der Waals surface area contributed by atoms with Crippen molar-refractivity contribution in [2.75, 3.05) is 6.54 Å². The second kappa shape index (κ2) is 6.41. The van der Waals surface area contributed by atoms with E-state index in [1.165, 1.54) is 0 Å². The van der Waals surface area contributed by atoms with Crippen molar-refractivity contribution in [1.29, 1.82) is 5.26 Å². The van der Waals surface area contributed by atoms with Crippen LogP contribution in [-0.2, 0) is 4.79 Å². The highest BCUT2D eigenvalue weighted by atomic mass is 35.5. The molecule has 0 radical (unpaired) electrons. The topological polar surface area (TPSA) is 70.1 Å². The Morgan fingerprint density at radius 3 is 2.35 bits per heavy atom. The number of rotatable bonds is 4. The standard InChI is InChI=1S/C18H16ClN3O/c19-15-7-5-13(6-8-15)16-9-10-22(16)17(18(21)23)14-3-1-12(11-20)2-4-14/h1-8,16-17H,9-10H2,(H2,21,23). The maximum absolute atomic E-state index is 12.0. The van der Waals surface area contributed by atoms with Crippen molar-refractivity contribution in [3.05, 3.63) is 70.2 Å². The van der Waals surface area contributed by atoms with Crippen LogP contribution in [0, 0.1) is 11.3 Å². The molecule has 2 atom stereocenters. The first-order valence-electron chi connectivity index (χ1n) is 7.41. The van der Waals surface area contributed by atoms with E-state index in [1.54, 1.807) is 24.3 Å². The zero-order chi connectivity index (χ0) is 16.4. The molecule has 4 nitrogen and oxygen atoms in total. The summed E-state index contributed by atoms with van der Waals surface area (Å²) in [6.45, 7) is 0.806. The maximum atomic E-state index is 12.0. The van der Waals surface area contributed by atoms with Gasteiger partial charge < -0.3 is 5.73 Å². The lowest BCUT2D eigenvalue weighted by molar-refractivity contribution is -0.127. The van der Waals surface area contributed by atoms with Gasteiger partial charge in [0.05, 0.1) is 11.6 Å². The Hall–Kier alpha value is -2.35. The fourth-order valence-electron chi connectivity index (χ4n) is 3.02. The minimum Gasteiger partial charge on any atom is -0.368 e. The predicted octanol–water partition coefficient (Wildman–Crippen LogP) is 3.19. The van der Waals surface area contributed by atoms with Crippen molar-refractivity contribution in [3.63, 3.8) is 0 Å². The number of carbonyl (C=O) groups excluding carboxylic acids is 1. The van der Waals surface area contributed by atoms with Crippen molar-refractivity contribution in [2.45, 2.75) is 18.5 Å². The highest BCUT2D eigenvalue weighted by molar-refractivity contribution is 6.30. The van der Waals surface area contributed by atoms with Crippen molar-refractivity contribution in [1.82, 2.24) is 4.90 Å². The van der Waals surface area contributed by atoms with Crippen LogP contribution in [0.4, 0.5) is 0 Å². The van der Waals surface area contributed by atoms with Gasteiger partial charge in [0.1, 0.15) is 6.04 Å². The molecule has 116 valence electrons. The molecule has 23 heavy (non-hydrogen) atoms. The van der Waals surface area contributed by atoms with E-state index >= 15 is 0 Å². The third kappa shape index (κ3) is 3.07. The minimum atomic E-state index is -0.489. The van der Waals surface area contributed by atoms with E-state index in [1.807, 2.05) is 24.3 Å². The molecule has 0 saturated carbocycles. The van der Waals surface area contributed by atoms with Crippen LogP contribution in [0.5, 0.6) is 0 Å². The van der Waals surface area contributed by atoms with Gasteiger partial charge in [-0.25, -0.2) is 0 Å². The third-order valence-corrected chi connectivity index (χ3v) is 4.52. The van der Waals surface area contributed by atoms with Crippen LogP contribution in [-0.4, -0.2) is 17.4 Å². The lowest BCUT2D eigenvalue weighted by Crippen LogP contribution is -2.47. The summed E-state index contributed by atoms with van der Waals surface area (Å²) >= 11 is 5.94. The van der Waals surface area contributed by atoms with Crippen LogP contribution in [0.25, 0.3) is 0 Å². The van der Waals surface area contributed by atoms with Crippen molar-refractivity contribution in [2.24, 2.45) is 5.73 Å². The molecule has 1 heterocycles. The van der Waals surface area contributed by atoms with Crippen LogP contribution in [0.1, 0.15) is 35.2 Å².